The van der Waals surface area contributed by atoms with E-state index in [0.29, 0.717) is 18.7 Å². The van der Waals surface area contributed by atoms with Crippen LogP contribution in [0.1, 0.15) is 87.9 Å². The number of esters is 1. The summed E-state index contributed by atoms with van der Waals surface area (Å²) in [5.41, 5.74) is 23.8. The van der Waals surface area contributed by atoms with Crippen molar-refractivity contribution in [1.82, 2.24) is 25.3 Å². The van der Waals surface area contributed by atoms with Gasteiger partial charge >= 0.3 is 5.97 Å². The lowest BCUT2D eigenvalue weighted by Gasteiger charge is -2.23. The number of aromatic amines is 2. The molecule has 0 fully saturated rings. The lowest BCUT2D eigenvalue weighted by Crippen LogP contribution is -2.37. The molecule has 3 aliphatic carbocycles. The van der Waals surface area contributed by atoms with Crippen LogP contribution in [0.5, 0.6) is 0 Å². The predicted octanol–water partition coefficient (Wildman–Crippen LogP) is 14.2. The smallest absolute Gasteiger partial charge is 0.306 e. The molecule has 7 aromatic carbocycles. The monoisotopic (exact) mass is 1030 g/mol. The molecular formula is C67H58N6O3S. The lowest BCUT2D eigenvalue weighted by molar-refractivity contribution is -0.147. The third-order valence-electron chi connectivity index (χ3n) is 15.3. The third-order valence-corrected chi connectivity index (χ3v) is 16.3. The fourth-order valence-corrected chi connectivity index (χ4v) is 12.3. The number of nitrogens with two attached hydrogens (primary N) is 1. The van der Waals surface area contributed by atoms with Gasteiger partial charge in [0.25, 0.3) is 0 Å². The summed E-state index contributed by atoms with van der Waals surface area (Å²) in [5.74, 6) is 0.217. The number of nitrogens with one attached hydrogen (secondary N) is 3. The molecule has 0 radical (unpaired) electrons. The highest BCUT2D eigenvalue weighted by Crippen LogP contribution is 2.45. The van der Waals surface area contributed by atoms with Crippen molar-refractivity contribution in [2.24, 2.45) is 11.7 Å². The third kappa shape index (κ3) is 10.6. The number of aromatic nitrogens is 4. The molecule has 1 amide bonds. The van der Waals surface area contributed by atoms with Crippen molar-refractivity contribution in [1.29, 1.82) is 0 Å². The van der Waals surface area contributed by atoms with Gasteiger partial charge in [0.1, 0.15) is 18.3 Å². The number of carbonyl (C=O) groups excluding carboxylic acids is 2. The van der Waals surface area contributed by atoms with Crippen molar-refractivity contribution in [3.8, 4) is 33.6 Å². The number of H-pyrrole nitrogens is 2. The summed E-state index contributed by atoms with van der Waals surface area (Å²) in [5, 5.41) is 6.58. The van der Waals surface area contributed by atoms with Gasteiger partial charge in [-0.1, -0.05) is 188 Å². The van der Waals surface area contributed by atoms with E-state index in [4.69, 9.17) is 15.5 Å². The number of hydrogen-bond acceptors (Lipinski definition) is 7. The van der Waals surface area contributed by atoms with Gasteiger partial charge < -0.3 is 25.8 Å². The number of ether oxygens (including phenoxy) is 1. The van der Waals surface area contributed by atoms with E-state index in [9.17, 15) is 9.59 Å². The van der Waals surface area contributed by atoms with Crippen LogP contribution >= 0.6 is 11.3 Å². The van der Waals surface area contributed by atoms with Crippen molar-refractivity contribution in [3.63, 3.8) is 0 Å². The second kappa shape index (κ2) is 22.3. The molecule has 0 saturated carbocycles. The second-order valence-electron chi connectivity index (χ2n) is 20.1. The van der Waals surface area contributed by atoms with Crippen LogP contribution in [0.25, 0.3) is 54.9 Å². The van der Waals surface area contributed by atoms with Crippen LogP contribution < -0.4 is 11.1 Å². The molecule has 77 heavy (non-hydrogen) atoms. The zero-order valence-corrected chi connectivity index (χ0v) is 43.4. The summed E-state index contributed by atoms with van der Waals surface area (Å²) in [6.45, 7) is 0.216. The summed E-state index contributed by atoms with van der Waals surface area (Å²) in [4.78, 5) is 44.6. The molecule has 5 N–H and O–H groups in total. The minimum Gasteiger partial charge on any atom is -0.465 e. The van der Waals surface area contributed by atoms with E-state index in [2.05, 4.69) is 135 Å². The van der Waals surface area contributed by atoms with Gasteiger partial charge in [-0.05, 0) is 115 Å². The Morgan fingerprint density at radius 1 is 0.597 bits per heavy atom. The van der Waals surface area contributed by atoms with E-state index >= 15 is 0 Å². The van der Waals surface area contributed by atoms with Crippen LogP contribution in [0, 0.1) is 5.92 Å². The molecule has 380 valence electrons. The molecule has 0 bridgehead atoms. The Kier molecular flexibility index (Phi) is 14.2. The molecule has 9 nitrogen and oxygen atoms in total. The van der Waals surface area contributed by atoms with Crippen molar-refractivity contribution >= 4 is 44.4 Å². The van der Waals surface area contributed by atoms with E-state index in [1.165, 1.54) is 44.5 Å². The molecule has 10 aromatic rings. The van der Waals surface area contributed by atoms with E-state index in [-0.39, 0.29) is 36.9 Å². The van der Waals surface area contributed by atoms with Crippen LogP contribution in [-0.4, -0.2) is 38.4 Å². The summed E-state index contributed by atoms with van der Waals surface area (Å²) < 4.78 is 7.23. The summed E-state index contributed by atoms with van der Waals surface area (Å²) in [6.07, 6.45) is 11.8. The van der Waals surface area contributed by atoms with E-state index < -0.39 is 12.0 Å². The average molecular weight is 1030 g/mol. The largest absolute Gasteiger partial charge is 0.465 e. The van der Waals surface area contributed by atoms with Crippen LogP contribution in [0.15, 0.2) is 212 Å². The minimum atomic E-state index is -0.658. The number of hydrogen-bond donors (Lipinski definition) is 4. The van der Waals surface area contributed by atoms with Gasteiger partial charge in [-0.25, -0.2) is 9.97 Å². The number of nitrogens with zero attached hydrogens (tertiary/aromatic N) is 2. The quantitative estimate of drug-likeness (QED) is 0.0711. The molecule has 0 saturated heterocycles. The Hall–Kier alpha value is -8.70. The Balaban J connectivity index is 0.000000215. The molecule has 3 heterocycles. The number of amides is 1. The Morgan fingerprint density at radius 3 is 1.75 bits per heavy atom. The van der Waals surface area contributed by atoms with E-state index in [1.54, 1.807) is 11.3 Å². The Bertz CT molecular complexity index is 3750. The summed E-state index contributed by atoms with van der Waals surface area (Å²) in [6, 6.07) is 61.5. The first-order valence-corrected chi connectivity index (χ1v) is 27.4. The predicted molar refractivity (Wildman–Crippen MR) is 310 cm³/mol. The fourth-order valence-electron chi connectivity index (χ4n) is 11.3. The van der Waals surface area contributed by atoms with Crippen LogP contribution in [-0.2, 0) is 33.6 Å². The molecule has 3 aromatic heterocycles. The fraction of sp³-hybridized carbons (Fsp3) is 0.164. The van der Waals surface area contributed by atoms with Gasteiger partial charge in [0.15, 0.2) is 0 Å². The average Bonchev–Trinajstić information content (AvgIpc) is 4.37. The Labute approximate surface area is 452 Å². The normalized spacial score (nSPS) is 14.2. The van der Waals surface area contributed by atoms with Gasteiger partial charge in [-0.3, -0.25) is 9.59 Å². The van der Waals surface area contributed by atoms with Gasteiger partial charge in [0.05, 0.1) is 48.2 Å². The molecule has 3 aliphatic rings. The molecular weight excluding hydrogens is 969 g/mol. The maximum atomic E-state index is 14.6. The number of allylic oxidation sites excluding steroid dienone is 2. The van der Waals surface area contributed by atoms with Gasteiger partial charge in [0, 0.05) is 17.0 Å². The number of fused-ring (bicyclic) bond motifs is 6. The minimum absolute atomic E-state index is 0.0440. The molecule has 0 unspecified atom stereocenters. The maximum absolute atomic E-state index is 14.6. The van der Waals surface area contributed by atoms with Gasteiger partial charge in [0.2, 0.25) is 5.91 Å². The van der Waals surface area contributed by atoms with E-state index in [1.807, 2.05) is 97.3 Å². The van der Waals surface area contributed by atoms with Crippen LogP contribution in [0.3, 0.4) is 0 Å². The molecule has 10 heteroatoms. The first kappa shape index (κ1) is 49.2. The van der Waals surface area contributed by atoms with Crippen molar-refractivity contribution in [3.05, 3.63) is 263 Å². The SMILES string of the molecule is N[C@H](CC1=CCc2ccccc21)c1ncc(-c2ccccc2)[nH]1.O=C(C[C@H](Cc1csc2ccccc12)C(=O)N[C@H](CC1=CCc2ccccc21)c1ncc(-c2ccccc2)[nH]1)OCC1c2ccccc2-c2ccccc21. The highest BCUT2D eigenvalue weighted by molar-refractivity contribution is 7.17. The molecule has 0 spiro atoms. The Morgan fingerprint density at radius 2 is 1.12 bits per heavy atom. The zero-order valence-electron chi connectivity index (χ0n) is 42.6. The highest BCUT2D eigenvalue weighted by Gasteiger charge is 2.32. The van der Waals surface area contributed by atoms with Crippen molar-refractivity contribution in [2.45, 2.75) is 56.5 Å². The first-order valence-electron chi connectivity index (χ1n) is 26.5. The first-order chi connectivity index (χ1) is 37.9. The van der Waals surface area contributed by atoms with Gasteiger partial charge in [-0.15, -0.1) is 11.3 Å². The van der Waals surface area contributed by atoms with Crippen LogP contribution in [0.2, 0.25) is 0 Å². The van der Waals surface area contributed by atoms with Crippen molar-refractivity contribution in [2.75, 3.05) is 6.61 Å². The number of carbonyl (C=O) groups is 2. The topological polar surface area (TPSA) is 139 Å². The zero-order chi connectivity index (χ0) is 52.1. The summed E-state index contributed by atoms with van der Waals surface area (Å²) >= 11 is 1.66. The summed E-state index contributed by atoms with van der Waals surface area (Å²) in [7, 11) is 0. The second-order valence-corrected chi connectivity index (χ2v) is 21.0. The van der Waals surface area contributed by atoms with Crippen LogP contribution in [0.4, 0.5) is 0 Å². The number of thiophene rings is 1. The van der Waals surface area contributed by atoms with E-state index in [0.717, 1.165) is 74.4 Å². The molecule has 3 atom stereocenters. The van der Waals surface area contributed by atoms with Gasteiger partial charge in [-0.2, -0.15) is 0 Å². The molecule has 0 aliphatic heterocycles. The molecule has 13 rings (SSSR count). The number of imidazole rings is 2. The number of benzene rings is 7. The number of rotatable bonds is 16. The van der Waals surface area contributed by atoms with Crippen molar-refractivity contribution < 1.29 is 14.3 Å². The standard InChI is InChI=1S/C47H39N3O3S.C20H19N3/c51-45(53-28-41-39-19-8-6-17-37(39)38-18-7-9-20-40(38)41)26-33(24-34-29-54-44-21-11-10-16-36(34)44)47(52)50-42(25-32-23-22-30-12-4-5-15-35(30)32)46-48-27-43(49-46)31-13-2-1-3-14-31;21-18(12-16-11-10-14-6-4-5-9-17(14)16)20-22-13-19(23-20)15-7-2-1-3-8-15/h1-21,23,27,29,33,41-42H,22,24-26,28H2,(H,48,49)(H,50,52);1-9,11,13,18H,10,12,21H2,(H,22,23)/t33-,42+;18-/m01/s1. The highest BCUT2D eigenvalue weighted by atomic mass is 32.1. The lowest BCUT2D eigenvalue weighted by atomic mass is 9.93. The maximum Gasteiger partial charge on any atom is 0.306 e.